The highest BCUT2D eigenvalue weighted by atomic mass is 79.9. The van der Waals surface area contributed by atoms with Crippen LogP contribution in [0.15, 0.2) is 40.2 Å². The Morgan fingerprint density at radius 1 is 1.27 bits per heavy atom. The number of hydrogen-bond donors (Lipinski definition) is 0. The predicted octanol–water partition coefficient (Wildman–Crippen LogP) is 4.16. The first-order valence-electron chi connectivity index (χ1n) is 8.47. The minimum absolute atomic E-state index is 0.0549. The van der Waals surface area contributed by atoms with Crippen LogP contribution in [0.2, 0.25) is 0 Å². The molecule has 1 fully saturated rings. The van der Waals surface area contributed by atoms with Crippen LogP contribution in [0.1, 0.15) is 28.1 Å². The summed E-state index contributed by atoms with van der Waals surface area (Å²) in [4.78, 5) is 29.8. The first kappa shape index (κ1) is 19.0. The molecule has 2 heterocycles. The van der Waals surface area contributed by atoms with Gasteiger partial charge in [0, 0.05) is 46.3 Å². The highest BCUT2D eigenvalue weighted by Crippen LogP contribution is 2.24. The normalized spacial score (nSPS) is 15.1. The van der Waals surface area contributed by atoms with Gasteiger partial charge in [0.25, 0.3) is 5.91 Å². The van der Waals surface area contributed by atoms with E-state index in [4.69, 9.17) is 0 Å². The molecule has 2 amide bonds. The fourth-order valence-corrected chi connectivity index (χ4v) is 4.67. The van der Waals surface area contributed by atoms with Crippen molar-refractivity contribution >= 4 is 39.1 Å². The van der Waals surface area contributed by atoms with Gasteiger partial charge in [-0.25, -0.2) is 4.39 Å². The number of thiophene rings is 1. The van der Waals surface area contributed by atoms with Crippen LogP contribution in [-0.4, -0.2) is 41.8 Å². The van der Waals surface area contributed by atoms with Crippen molar-refractivity contribution in [1.29, 1.82) is 0 Å². The van der Waals surface area contributed by atoms with E-state index in [1.54, 1.807) is 21.1 Å². The number of halogens is 2. The van der Waals surface area contributed by atoms with E-state index in [0.717, 1.165) is 9.35 Å². The molecular formula is C19H20BrFN2O2S. The SMILES string of the molecule is CN(Cc1cc(Br)cs1)C(=O)C1CCN(C(=O)c2ccc(F)cc2)CC1. The molecule has 0 spiro atoms. The summed E-state index contributed by atoms with van der Waals surface area (Å²) < 4.78 is 14.0. The molecule has 3 rings (SSSR count). The van der Waals surface area contributed by atoms with Crippen LogP contribution in [0.25, 0.3) is 0 Å². The Labute approximate surface area is 164 Å². The molecule has 138 valence electrons. The zero-order chi connectivity index (χ0) is 18.7. The van der Waals surface area contributed by atoms with Gasteiger partial charge < -0.3 is 9.80 Å². The largest absolute Gasteiger partial charge is 0.340 e. The number of piperidine rings is 1. The van der Waals surface area contributed by atoms with Crippen molar-refractivity contribution in [3.63, 3.8) is 0 Å². The number of nitrogens with zero attached hydrogens (tertiary/aromatic N) is 2. The van der Waals surface area contributed by atoms with Crippen molar-refractivity contribution in [2.24, 2.45) is 5.92 Å². The Kier molecular flexibility index (Phi) is 6.09. The van der Waals surface area contributed by atoms with Gasteiger partial charge in [-0.05, 0) is 59.1 Å². The highest BCUT2D eigenvalue weighted by molar-refractivity contribution is 9.10. The zero-order valence-electron chi connectivity index (χ0n) is 14.5. The monoisotopic (exact) mass is 438 g/mol. The quantitative estimate of drug-likeness (QED) is 0.718. The van der Waals surface area contributed by atoms with Crippen LogP contribution in [-0.2, 0) is 11.3 Å². The Hall–Kier alpha value is -1.73. The van der Waals surface area contributed by atoms with Gasteiger partial charge in [-0.1, -0.05) is 0 Å². The third-order valence-electron chi connectivity index (χ3n) is 4.61. The molecule has 2 aromatic rings. The summed E-state index contributed by atoms with van der Waals surface area (Å²) in [5.41, 5.74) is 0.483. The van der Waals surface area contributed by atoms with E-state index < -0.39 is 0 Å². The molecule has 7 heteroatoms. The van der Waals surface area contributed by atoms with Crippen LogP contribution in [0.5, 0.6) is 0 Å². The number of rotatable bonds is 4. The van der Waals surface area contributed by atoms with Gasteiger partial charge in [-0.2, -0.15) is 0 Å². The maximum absolute atomic E-state index is 13.0. The highest BCUT2D eigenvalue weighted by Gasteiger charge is 2.29. The van der Waals surface area contributed by atoms with E-state index in [0.29, 0.717) is 38.0 Å². The average molecular weight is 439 g/mol. The predicted molar refractivity (Wildman–Crippen MR) is 104 cm³/mol. The van der Waals surface area contributed by atoms with Crippen LogP contribution in [0, 0.1) is 11.7 Å². The van der Waals surface area contributed by atoms with Gasteiger partial charge >= 0.3 is 0 Å². The second kappa shape index (κ2) is 8.31. The first-order valence-corrected chi connectivity index (χ1v) is 10.1. The molecule has 0 aliphatic carbocycles. The molecule has 1 aromatic carbocycles. The Balaban J connectivity index is 1.53. The third kappa shape index (κ3) is 4.51. The maximum Gasteiger partial charge on any atom is 0.253 e. The lowest BCUT2D eigenvalue weighted by molar-refractivity contribution is -0.136. The first-order chi connectivity index (χ1) is 12.4. The van der Waals surface area contributed by atoms with Gasteiger partial charge in [0.1, 0.15) is 5.82 Å². The molecule has 0 bridgehead atoms. The van der Waals surface area contributed by atoms with Gasteiger partial charge in [0.2, 0.25) is 5.91 Å². The van der Waals surface area contributed by atoms with Crippen LogP contribution >= 0.6 is 27.3 Å². The second-order valence-electron chi connectivity index (χ2n) is 6.50. The maximum atomic E-state index is 13.0. The topological polar surface area (TPSA) is 40.6 Å². The van der Waals surface area contributed by atoms with Crippen molar-refractivity contribution in [2.45, 2.75) is 19.4 Å². The van der Waals surface area contributed by atoms with Gasteiger partial charge in [-0.3, -0.25) is 9.59 Å². The molecule has 0 atom stereocenters. The van der Waals surface area contributed by atoms with E-state index in [1.807, 2.05) is 18.5 Å². The van der Waals surface area contributed by atoms with Crippen LogP contribution in [0.4, 0.5) is 4.39 Å². The van der Waals surface area contributed by atoms with E-state index in [2.05, 4.69) is 15.9 Å². The summed E-state index contributed by atoms with van der Waals surface area (Å²) >= 11 is 5.05. The van der Waals surface area contributed by atoms with Crippen molar-refractivity contribution in [2.75, 3.05) is 20.1 Å². The zero-order valence-corrected chi connectivity index (χ0v) is 16.9. The van der Waals surface area contributed by atoms with Crippen LogP contribution in [0.3, 0.4) is 0 Å². The summed E-state index contributed by atoms with van der Waals surface area (Å²) in [5, 5.41) is 2.01. The molecule has 0 unspecified atom stereocenters. The molecule has 1 aromatic heterocycles. The second-order valence-corrected chi connectivity index (χ2v) is 8.41. The molecule has 1 aliphatic heterocycles. The summed E-state index contributed by atoms with van der Waals surface area (Å²) in [6.07, 6.45) is 1.31. The minimum atomic E-state index is -0.355. The molecule has 1 aliphatic rings. The number of likely N-dealkylation sites (tertiary alicyclic amines) is 1. The number of carbonyl (C=O) groups is 2. The average Bonchev–Trinajstić information content (AvgIpc) is 3.06. The van der Waals surface area contributed by atoms with E-state index in [9.17, 15) is 14.0 Å². The number of benzene rings is 1. The van der Waals surface area contributed by atoms with Crippen LogP contribution < -0.4 is 0 Å². The standard InChI is InChI=1S/C19H20BrFN2O2S/c1-22(11-17-10-15(20)12-26-17)18(24)14-6-8-23(9-7-14)19(25)13-2-4-16(21)5-3-13/h2-5,10,12,14H,6-9,11H2,1H3. The van der Waals surface area contributed by atoms with Gasteiger partial charge in [-0.15, -0.1) is 11.3 Å². The summed E-state index contributed by atoms with van der Waals surface area (Å²) in [6, 6.07) is 7.62. The van der Waals surface area contributed by atoms with Crippen molar-refractivity contribution in [3.05, 3.63) is 56.4 Å². The molecular weight excluding hydrogens is 419 g/mol. The fraction of sp³-hybridized carbons (Fsp3) is 0.368. The summed E-state index contributed by atoms with van der Waals surface area (Å²) in [5.74, 6) is -0.386. The molecule has 1 saturated heterocycles. The lowest BCUT2D eigenvalue weighted by Gasteiger charge is -2.33. The summed E-state index contributed by atoms with van der Waals surface area (Å²) in [6.45, 7) is 1.69. The number of hydrogen-bond acceptors (Lipinski definition) is 3. The lowest BCUT2D eigenvalue weighted by Crippen LogP contribution is -2.43. The van der Waals surface area contributed by atoms with Gasteiger partial charge in [0.15, 0.2) is 0 Å². The van der Waals surface area contributed by atoms with E-state index >= 15 is 0 Å². The van der Waals surface area contributed by atoms with Crippen molar-refractivity contribution in [3.8, 4) is 0 Å². The van der Waals surface area contributed by atoms with Crippen molar-refractivity contribution < 1.29 is 14.0 Å². The lowest BCUT2D eigenvalue weighted by atomic mass is 9.95. The molecule has 4 nitrogen and oxygen atoms in total. The molecule has 0 saturated carbocycles. The van der Waals surface area contributed by atoms with E-state index in [1.165, 1.54) is 24.3 Å². The Morgan fingerprint density at radius 2 is 1.92 bits per heavy atom. The number of carbonyl (C=O) groups excluding carboxylic acids is 2. The van der Waals surface area contributed by atoms with Gasteiger partial charge in [0.05, 0.1) is 6.54 Å². The molecule has 0 N–H and O–H groups in total. The van der Waals surface area contributed by atoms with Crippen molar-refractivity contribution in [1.82, 2.24) is 9.80 Å². The third-order valence-corrected chi connectivity index (χ3v) is 6.30. The fourth-order valence-electron chi connectivity index (χ4n) is 3.16. The van der Waals surface area contributed by atoms with E-state index in [-0.39, 0.29) is 23.5 Å². The number of amides is 2. The minimum Gasteiger partial charge on any atom is -0.340 e. The Morgan fingerprint density at radius 3 is 2.50 bits per heavy atom. The smallest absolute Gasteiger partial charge is 0.253 e. The molecule has 26 heavy (non-hydrogen) atoms. The Bertz CT molecular complexity index is 785. The summed E-state index contributed by atoms with van der Waals surface area (Å²) in [7, 11) is 1.83. The molecule has 0 radical (unpaired) electrons.